The number of likely N-dealkylation sites (tertiary alicyclic amines) is 1. The first kappa shape index (κ1) is 16.7. The zero-order valence-corrected chi connectivity index (χ0v) is 15.2. The topological polar surface area (TPSA) is 28.6 Å². The number of ether oxygens (including phenoxy) is 1. The Bertz CT molecular complexity index is 700. The van der Waals surface area contributed by atoms with Gasteiger partial charge in [-0.2, -0.15) is 0 Å². The Morgan fingerprint density at radius 3 is 2.68 bits per heavy atom. The van der Waals surface area contributed by atoms with Gasteiger partial charge in [-0.15, -0.1) is 0 Å². The summed E-state index contributed by atoms with van der Waals surface area (Å²) in [6, 6.07) is 12.1. The lowest BCUT2D eigenvalue weighted by molar-refractivity contribution is 0.198. The summed E-state index contributed by atoms with van der Waals surface area (Å²) in [5.74, 6) is 1.94. The molecule has 0 saturated carbocycles. The largest absolute Gasteiger partial charge is 0.485 e. The Morgan fingerprint density at radius 2 is 1.88 bits per heavy atom. The summed E-state index contributed by atoms with van der Waals surface area (Å²) >= 11 is 5.97. The number of halogens is 1. The van der Waals surface area contributed by atoms with Crippen LogP contribution in [0.5, 0.6) is 5.75 Å². The second-order valence-corrected chi connectivity index (χ2v) is 7.35. The van der Waals surface area contributed by atoms with Gasteiger partial charge in [0.05, 0.1) is 0 Å². The van der Waals surface area contributed by atoms with Gasteiger partial charge in [-0.1, -0.05) is 23.7 Å². The van der Waals surface area contributed by atoms with E-state index in [-0.39, 0.29) is 6.10 Å². The molecule has 3 heterocycles. The van der Waals surface area contributed by atoms with Crippen LogP contribution in [0.25, 0.3) is 0 Å². The molecule has 1 aromatic carbocycles. The highest BCUT2D eigenvalue weighted by molar-refractivity contribution is 6.30. The van der Waals surface area contributed by atoms with Crippen molar-refractivity contribution in [1.82, 2.24) is 9.88 Å². The van der Waals surface area contributed by atoms with Crippen LogP contribution in [0.2, 0.25) is 5.02 Å². The molecule has 0 amide bonds. The van der Waals surface area contributed by atoms with Gasteiger partial charge in [0.25, 0.3) is 0 Å². The van der Waals surface area contributed by atoms with E-state index in [1.807, 2.05) is 24.4 Å². The highest BCUT2D eigenvalue weighted by Crippen LogP contribution is 2.30. The molecule has 0 N–H and O–H groups in total. The minimum atomic E-state index is 0.234. The molecule has 1 atom stereocenters. The summed E-state index contributed by atoms with van der Waals surface area (Å²) < 4.78 is 6.34. The first-order chi connectivity index (χ1) is 12.3. The van der Waals surface area contributed by atoms with Crippen LogP contribution >= 0.6 is 11.6 Å². The minimum absolute atomic E-state index is 0.234. The SMILES string of the molecule is Clc1ccc(CN2CCC(Oc3cccnc3N3CCCC3)C2)cc1. The van der Waals surface area contributed by atoms with E-state index in [0.29, 0.717) is 0 Å². The van der Waals surface area contributed by atoms with Gasteiger partial charge in [0.1, 0.15) is 6.10 Å². The van der Waals surface area contributed by atoms with Crippen molar-refractivity contribution >= 4 is 17.4 Å². The van der Waals surface area contributed by atoms with Crippen molar-refractivity contribution in [2.45, 2.75) is 31.9 Å². The van der Waals surface area contributed by atoms with Crippen molar-refractivity contribution in [3.05, 3.63) is 53.2 Å². The summed E-state index contributed by atoms with van der Waals surface area (Å²) in [7, 11) is 0. The predicted octanol–water partition coefficient (Wildman–Crippen LogP) is 3.99. The van der Waals surface area contributed by atoms with Gasteiger partial charge in [0.2, 0.25) is 0 Å². The van der Waals surface area contributed by atoms with Gasteiger partial charge in [0, 0.05) is 43.9 Å². The van der Waals surface area contributed by atoms with E-state index in [9.17, 15) is 0 Å². The fourth-order valence-electron chi connectivity index (χ4n) is 3.71. The van der Waals surface area contributed by atoms with Crippen molar-refractivity contribution in [3.63, 3.8) is 0 Å². The van der Waals surface area contributed by atoms with Gasteiger partial charge < -0.3 is 9.64 Å². The van der Waals surface area contributed by atoms with Crippen LogP contribution in [-0.4, -0.2) is 42.2 Å². The molecule has 2 aliphatic heterocycles. The molecule has 0 radical (unpaired) electrons. The Labute approximate surface area is 154 Å². The lowest BCUT2D eigenvalue weighted by Crippen LogP contribution is -2.26. The van der Waals surface area contributed by atoms with E-state index < -0.39 is 0 Å². The summed E-state index contributed by atoms with van der Waals surface area (Å²) in [6.45, 7) is 5.13. The Balaban J connectivity index is 1.37. The fraction of sp³-hybridized carbons (Fsp3) is 0.450. The van der Waals surface area contributed by atoms with Crippen LogP contribution < -0.4 is 9.64 Å². The number of nitrogens with zero attached hydrogens (tertiary/aromatic N) is 3. The number of pyridine rings is 1. The molecule has 2 saturated heterocycles. The zero-order chi connectivity index (χ0) is 17.1. The first-order valence-electron chi connectivity index (χ1n) is 9.11. The summed E-state index contributed by atoms with van der Waals surface area (Å²) in [5.41, 5.74) is 1.30. The fourth-order valence-corrected chi connectivity index (χ4v) is 3.83. The molecule has 132 valence electrons. The average molecular weight is 358 g/mol. The van der Waals surface area contributed by atoms with Gasteiger partial charge in [0.15, 0.2) is 11.6 Å². The lowest BCUT2D eigenvalue weighted by atomic mass is 10.2. The molecule has 1 unspecified atom stereocenters. The first-order valence-corrected chi connectivity index (χ1v) is 9.49. The molecule has 25 heavy (non-hydrogen) atoms. The van der Waals surface area contributed by atoms with E-state index in [1.165, 1.54) is 18.4 Å². The predicted molar refractivity (Wildman–Crippen MR) is 101 cm³/mol. The van der Waals surface area contributed by atoms with E-state index in [2.05, 4.69) is 33.0 Å². The maximum absolute atomic E-state index is 6.34. The third kappa shape index (κ3) is 4.07. The van der Waals surface area contributed by atoms with Crippen LogP contribution in [0.3, 0.4) is 0 Å². The standard InChI is InChI=1S/C20H24ClN3O/c21-17-7-5-16(6-8-17)14-23-13-9-18(15-23)25-19-4-3-10-22-20(19)24-11-1-2-12-24/h3-8,10,18H,1-2,9,11-15H2. The van der Waals surface area contributed by atoms with Crippen LogP contribution in [0.4, 0.5) is 5.82 Å². The molecule has 0 aliphatic carbocycles. The lowest BCUT2D eigenvalue weighted by Gasteiger charge is -2.22. The molecule has 0 bridgehead atoms. The number of benzene rings is 1. The van der Waals surface area contributed by atoms with Crippen LogP contribution in [0.15, 0.2) is 42.6 Å². The molecular formula is C20H24ClN3O. The van der Waals surface area contributed by atoms with Crippen LogP contribution in [0, 0.1) is 0 Å². The molecular weight excluding hydrogens is 334 g/mol. The normalized spacial score (nSPS) is 21.0. The monoisotopic (exact) mass is 357 g/mol. The summed E-state index contributed by atoms with van der Waals surface area (Å²) in [6.07, 6.45) is 5.64. The quantitative estimate of drug-likeness (QED) is 0.809. The van der Waals surface area contributed by atoms with Gasteiger partial charge in [-0.25, -0.2) is 4.98 Å². The van der Waals surface area contributed by atoms with Crippen molar-refractivity contribution in [2.75, 3.05) is 31.1 Å². The minimum Gasteiger partial charge on any atom is -0.485 e. The number of anilines is 1. The highest BCUT2D eigenvalue weighted by Gasteiger charge is 2.26. The third-order valence-electron chi connectivity index (χ3n) is 5.00. The maximum atomic E-state index is 6.34. The number of rotatable bonds is 5. The van der Waals surface area contributed by atoms with E-state index in [4.69, 9.17) is 16.3 Å². The second-order valence-electron chi connectivity index (χ2n) is 6.91. The van der Waals surface area contributed by atoms with Gasteiger partial charge in [-0.05, 0) is 49.1 Å². The second kappa shape index (κ2) is 7.63. The Morgan fingerprint density at radius 1 is 1.08 bits per heavy atom. The molecule has 2 fully saturated rings. The average Bonchev–Trinajstić information content (AvgIpc) is 3.30. The van der Waals surface area contributed by atoms with Crippen molar-refractivity contribution in [1.29, 1.82) is 0 Å². The number of hydrogen-bond acceptors (Lipinski definition) is 4. The summed E-state index contributed by atoms with van der Waals surface area (Å²) in [4.78, 5) is 9.36. The van der Waals surface area contributed by atoms with Crippen LogP contribution in [0.1, 0.15) is 24.8 Å². The molecule has 2 aliphatic rings. The van der Waals surface area contributed by atoms with Gasteiger partial charge >= 0.3 is 0 Å². The smallest absolute Gasteiger partial charge is 0.171 e. The molecule has 4 rings (SSSR count). The molecule has 1 aromatic heterocycles. The Hall–Kier alpha value is -1.78. The summed E-state index contributed by atoms with van der Waals surface area (Å²) in [5, 5.41) is 0.789. The maximum Gasteiger partial charge on any atom is 0.171 e. The molecule has 0 spiro atoms. The molecule has 2 aromatic rings. The van der Waals surface area contributed by atoms with Crippen molar-refractivity contribution in [2.24, 2.45) is 0 Å². The van der Waals surface area contributed by atoms with Crippen molar-refractivity contribution < 1.29 is 4.74 Å². The Kier molecular flexibility index (Phi) is 5.09. The molecule has 4 nitrogen and oxygen atoms in total. The van der Waals surface area contributed by atoms with E-state index >= 15 is 0 Å². The number of hydrogen-bond donors (Lipinski definition) is 0. The number of aromatic nitrogens is 1. The van der Waals surface area contributed by atoms with Crippen LogP contribution in [-0.2, 0) is 6.54 Å². The van der Waals surface area contributed by atoms with Gasteiger partial charge in [-0.3, -0.25) is 4.90 Å². The van der Waals surface area contributed by atoms with Crippen molar-refractivity contribution in [3.8, 4) is 5.75 Å². The third-order valence-corrected chi connectivity index (χ3v) is 5.25. The zero-order valence-electron chi connectivity index (χ0n) is 14.4. The van der Waals surface area contributed by atoms with E-state index in [1.54, 1.807) is 0 Å². The highest BCUT2D eigenvalue weighted by atomic mass is 35.5. The molecule has 5 heteroatoms. The van der Waals surface area contributed by atoms with E-state index in [0.717, 1.165) is 55.7 Å².